The molecule has 0 spiro atoms. The Morgan fingerprint density at radius 2 is 1.88 bits per heavy atom. The van der Waals surface area contributed by atoms with Crippen LogP contribution in [-0.2, 0) is 9.53 Å². The van der Waals surface area contributed by atoms with E-state index in [-0.39, 0.29) is 6.10 Å². The minimum Gasteiger partial charge on any atom is -0.480 e. The van der Waals surface area contributed by atoms with Gasteiger partial charge in [0.25, 0.3) is 0 Å². The number of amides is 2. The van der Waals surface area contributed by atoms with Crippen molar-refractivity contribution >= 4 is 12.0 Å². The average molecular weight is 246 g/mol. The second-order valence-electron chi connectivity index (χ2n) is 5.04. The number of rotatable bonds is 5. The van der Waals surface area contributed by atoms with Crippen LogP contribution in [0.4, 0.5) is 4.79 Å². The highest BCUT2D eigenvalue weighted by Gasteiger charge is 2.32. The van der Waals surface area contributed by atoms with Gasteiger partial charge in [-0.2, -0.15) is 0 Å². The topological polar surface area (TPSA) is 87.7 Å². The molecular formula is C11H22N2O4. The first kappa shape index (κ1) is 15.7. The number of urea groups is 1. The van der Waals surface area contributed by atoms with Gasteiger partial charge < -0.3 is 20.5 Å². The molecule has 17 heavy (non-hydrogen) atoms. The van der Waals surface area contributed by atoms with Crippen molar-refractivity contribution in [1.29, 1.82) is 0 Å². The lowest BCUT2D eigenvalue weighted by Gasteiger charge is -2.27. The molecule has 0 heterocycles. The van der Waals surface area contributed by atoms with Crippen LogP contribution < -0.4 is 10.6 Å². The van der Waals surface area contributed by atoms with Gasteiger partial charge in [-0.25, -0.2) is 9.59 Å². The van der Waals surface area contributed by atoms with E-state index in [2.05, 4.69) is 10.6 Å². The molecule has 0 aliphatic rings. The molecule has 0 saturated heterocycles. The highest BCUT2D eigenvalue weighted by Crippen LogP contribution is 2.19. The fourth-order valence-electron chi connectivity index (χ4n) is 1.15. The molecule has 0 saturated carbocycles. The zero-order valence-corrected chi connectivity index (χ0v) is 11.0. The summed E-state index contributed by atoms with van der Waals surface area (Å²) >= 11 is 0. The maximum atomic E-state index is 11.5. The SMILES string of the molecule is COC(C)CNC(=O)N[C@H](C(=O)O)C(C)(C)C. The molecule has 0 aromatic rings. The molecule has 1 unspecified atom stereocenters. The van der Waals surface area contributed by atoms with E-state index in [1.807, 2.05) is 0 Å². The van der Waals surface area contributed by atoms with Crippen molar-refractivity contribution in [2.75, 3.05) is 13.7 Å². The second-order valence-corrected chi connectivity index (χ2v) is 5.04. The lowest BCUT2D eigenvalue weighted by Crippen LogP contribution is -2.53. The van der Waals surface area contributed by atoms with Crippen LogP contribution in [0, 0.1) is 5.41 Å². The zero-order chi connectivity index (χ0) is 13.6. The summed E-state index contributed by atoms with van der Waals surface area (Å²) in [6.07, 6.45) is -0.112. The van der Waals surface area contributed by atoms with Crippen molar-refractivity contribution in [3.63, 3.8) is 0 Å². The van der Waals surface area contributed by atoms with E-state index in [1.165, 1.54) is 0 Å². The molecule has 0 aliphatic carbocycles. The van der Waals surface area contributed by atoms with Crippen LogP contribution >= 0.6 is 0 Å². The molecule has 3 N–H and O–H groups in total. The largest absolute Gasteiger partial charge is 0.480 e. The van der Waals surface area contributed by atoms with E-state index in [4.69, 9.17) is 9.84 Å². The normalized spacial score (nSPS) is 14.9. The van der Waals surface area contributed by atoms with E-state index in [1.54, 1.807) is 34.8 Å². The summed E-state index contributed by atoms with van der Waals surface area (Å²) in [4.78, 5) is 22.5. The van der Waals surface area contributed by atoms with Gasteiger partial charge in [0, 0.05) is 13.7 Å². The average Bonchev–Trinajstić information content (AvgIpc) is 2.20. The van der Waals surface area contributed by atoms with Gasteiger partial charge in [0.05, 0.1) is 6.10 Å². The van der Waals surface area contributed by atoms with E-state index in [0.717, 1.165) is 0 Å². The number of carboxylic acid groups (broad SMARTS) is 1. The highest BCUT2D eigenvalue weighted by atomic mass is 16.5. The molecule has 0 rings (SSSR count). The molecule has 0 aliphatic heterocycles. The number of hydrogen-bond acceptors (Lipinski definition) is 3. The van der Waals surface area contributed by atoms with Gasteiger partial charge in [-0.3, -0.25) is 0 Å². The van der Waals surface area contributed by atoms with Crippen molar-refractivity contribution < 1.29 is 19.4 Å². The third-order valence-corrected chi connectivity index (χ3v) is 2.34. The smallest absolute Gasteiger partial charge is 0.326 e. The van der Waals surface area contributed by atoms with E-state index < -0.39 is 23.5 Å². The van der Waals surface area contributed by atoms with Crippen LogP contribution in [-0.4, -0.2) is 42.9 Å². The predicted octanol–water partition coefficient (Wildman–Crippen LogP) is 0.820. The molecule has 0 radical (unpaired) electrons. The zero-order valence-electron chi connectivity index (χ0n) is 11.0. The number of ether oxygens (including phenoxy) is 1. The monoisotopic (exact) mass is 246 g/mol. The number of aliphatic carboxylic acids is 1. The minimum absolute atomic E-state index is 0.112. The quantitative estimate of drug-likeness (QED) is 0.670. The Balaban J connectivity index is 4.29. The first-order valence-corrected chi connectivity index (χ1v) is 5.48. The lowest BCUT2D eigenvalue weighted by molar-refractivity contribution is -0.141. The molecule has 6 heteroatoms. The van der Waals surface area contributed by atoms with Crippen LogP contribution in [0.15, 0.2) is 0 Å². The number of carbonyl (C=O) groups is 2. The van der Waals surface area contributed by atoms with Gasteiger partial charge in [0.2, 0.25) is 0 Å². The van der Waals surface area contributed by atoms with E-state index in [9.17, 15) is 9.59 Å². The summed E-state index contributed by atoms with van der Waals surface area (Å²) in [5.41, 5.74) is -0.546. The predicted molar refractivity (Wildman–Crippen MR) is 63.9 cm³/mol. The molecule has 0 aromatic heterocycles. The van der Waals surface area contributed by atoms with Crippen molar-refractivity contribution in [3.05, 3.63) is 0 Å². The summed E-state index contributed by atoms with van der Waals surface area (Å²) in [6.45, 7) is 7.40. The van der Waals surface area contributed by atoms with Crippen LogP contribution in [0.1, 0.15) is 27.7 Å². The van der Waals surface area contributed by atoms with Crippen LogP contribution in [0.3, 0.4) is 0 Å². The fraction of sp³-hybridized carbons (Fsp3) is 0.818. The van der Waals surface area contributed by atoms with Crippen molar-refractivity contribution in [3.8, 4) is 0 Å². The number of methoxy groups -OCH3 is 1. The Bertz CT molecular complexity index is 273. The van der Waals surface area contributed by atoms with Crippen molar-refractivity contribution in [2.24, 2.45) is 5.41 Å². The molecule has 2 atom stereocenters. The minimum atomic E-state index is -1.05. The van der Waals surface area contributed by atoms with Crippen LogP contribution in [0.2, 0.25) is 0 Å². The second kappa shape index (κ2) is 6.44. The molecule has 0 fully saturated rings. The lowest BCUT2D eigenvalue weighted by atomic mass is 9.87. The number of carbonyl (C=O) groups excluding carboxylic acids is 1. The van der Waals surface area contributed by atoms with Gasteiger partial charge in [0.15, 0.2) is 0 Å². The van der Waals surface area contributed by atoms with Crippen molar-refractivity contribution in [1.82, 2.24) is 10.6 Å². The van der Waals surface area contributed by atoms with E-state index in [0.29, 0.717) is 6.54 Å². The van der Waals surface area contributed by atoms with Gasteiger partial charge in [0.1, 0.15) is 6.04 Å². The molecule has 2 amide bonds. The summed E-state index contributed by atoms with van der Waals surface area (Å²) < 4.78 is 4.96. The Labute approximate surface area is 102 Å². The van der Waals surface area contributed by atoms with Gasteiger partial charge in [-0.1, -0.05) is 20.8 Å². The Morgan fingerprint density at radius 3 is 2.24 bits per heavy atom. The van der Waals surface area contributed by atoms with Gasteiger partial charge in [-0.05, 0) is 12.3 Å². The summed E-state index contributed by atoms with van der Waals surface area (Å²) in [5.74, 6) is -1.05. The molecule has 0 aromatic carbocycles. The fourth-order valence-corrected chi connectivity index (χ4v) is 1.15. The van der Waals surface area contributed by atoms with Crippen LogP contribution in [0.25, 0.3) is 0 Å². The number of nitrogens with one attached hydrogen (secondary N) is 2. The van der Waals surface area contributed by atoms with E-state index >= 15 is 0 Å². The maximum Gasteiger partial charge on any atom is 0.326 e. The third kappa shape index (κ3) is 6.11. The van der Waals surface area contributed by atoms with Crippen LogP contribution in [0.5, 0.6) is 0 Å². The summed E-state index contributed by atoms with van der Waals surface area (Å²) in [7, 11) is 1.54. The highest BCUT2D eigenvalue weighted by molar-refractivity contribution is 5.83. The maximum absolute atomic E-state index is 11.5. The standard InChI is InChI=1S/C11H22N2O4/c1-7(17-5)6-12-10(16)13-8(9(14)15)11(2,3)4/h7-8H,6H2,1-5H3,(H,14,15)(H2,12,13,16)/t7?,8-/m1/s1. The summed E-state index contributed by atoms with van der Waals surface area (Å²) in [6, 6.07) is -1.43. The first-order chi connectivity index (χ1) is 7.68. The Kier molecular flexibility index (Phi) is 5.95. The first-order valence-electron chi connectivity index (χ1n) is 5.48. The Hall–Kier alpha value is -1.30. The number of carboxylic acids is 1. The van der Waals surface area contributed by atoms with Gasteiger partial charge >= 0.3 is 12.0 Å². The molecule has 0 bridgehead atoms. The summed E-state index contributed by atoms with van der Waals surface area (Å²) in [5, 5.41) is 14.0. The molecule has 100 valence electrons. The molecule has 6 nitrogen and oxygen atoms in total. The van der Waals surface area contributed by atoms with Gasteiger partial charge in [-0.15, -0.1) is 0 Å². The third-order valence-electron chi connectivity index (χ3n) is 2.34. The molecular weight excluding hydrogens is 224 g/mol. The number of hydrogen-bond donors (Lipinski definition) is 3. The Morgan fingerprint density at radius 1 is 1.35 bits per heavy atom. The van der Waals surface area contributed by atoms with Crippen molar-refractivity contribution in [2.45, 2.75) is 39.8 Å².